The van der Waals surface area contributed by atoms with Crippen LogP contribution in [0.4, 0.5) is 0 Å². The van der Waals surface area contributed by atoms with E-state index in [1.165, 1.54) is 6.42 Å². The lowest BCUT2D eigenvalue weighted by Gasteiger charge is -2.19. The van der Waals surface area contributed by atoms with E-state index in [1.807, 2.05) is 0 Å². The first-order chi connectivity index (χ1) is 5.22. The van der Waals surface area contributed by atoms with E-state index >= 15 is 0 Å². The van der Waals surface area contributed by atoms with E-state index in [9.17, 15) is 4.79 Å². The van der Waals surface area contributed by atoms with Gasteiger partial charge in [-0.25, -0.2) is 0 Å². The van der Waals surface area contributed by atoms with Crippen molar-refractivity contribution in [2.45, 2.75) is 32.1 Å². The molecule has 0 heterocycles. The van der Waals surface area contributed by atoms with Gasteiger partial charge < -0.3 is 9.79 Å². The smallest absolute Gasteiger partial charge is 0.238 e. The summed E-state index contributed by atoms with van der Waals surface area (Å²) in [5, 5.41) is 0. The lowest BCUT2D eigenvalue weighted by molar-refractivity contribution is -0.116. The zero-order chi connectivity index (χ0) is 8.27. The summed E-state index contributed by atoms with van der Waals surface area (Å²) < 4.78 is 0. The Balaban J connectivity index is 2.39. The van der Waals surface area contributed by atoms with Gasteiger partial charge in [0.15, 0.2) is 0 Å². The Morgan fingerprint density at radius 3 is 2.18 bits per heavy atom. The Morgan fingerprint density at radius 1 is 1.18 bits per heavy atom. The first kappa shape index (κ1) is 9.11. The molecule has 3 nitrogen and oxygen atoms in total. The third-order valence-electron chi connectivity index (χ3n) is 2.15. The summed E-state index contributed by atoms with van der Waals surface area (Å²) >= 11 is 0. The molecule has 1 fully saturated rings. The average Bonchev–Trinajstić information content (AvgIpc) is 2.05. The van der Waals surface area contributed by atoms with E-state index in [2.05, 4.69) is 0 Å². The number of carbonyl (C=O) groups is 1. The van der Waals surface area contributed by atoms with E-state index in [0.717, 1.165) is 25.7 Å². The zero-order valence-corrected chi connectivity index (χ0v) is 7.26. The van der Waals surface area contributed by atoms with Crippen molar-refractivity contribution in [3.63, 3.8) is 0 Å². The van der Waals surface area contributed by atoms with Gasteiger partial charge in [-0.1, -0.05) is 19.3 Å². The Morgan fingerprint density at radius 2 is 1.73 bits per heavy atom. The molecule has 1 rings (SSSR count). The maximum absolute atomic E-state index is 11.0. The van der Waals surface area contributed by atoms with Gasteiger partial charge >= 0.3 is 0 Å². The molecule has 0 amide bonds. The number of hydrogen-bond acceptors (Lipinski definition) is 3. The van der Waals surface area contributed by atoms with Gasteiger partial charge in [-0.15, -0.1) is 0 Å². The van der Waals surface area contributed by atoms with Crippen LogP contribution in [-0.2, 0) is 4.79 Å². The van der Waals surface area contributed by atoms with Crippen molar-refractivity contribution in [3.8, 4) is 0 Å². The second-order valence-corrected chi connectivity index (χ2v) is 3.98. The fraction of sp³-hybridized carbons (Fsp3) is 0.857. The minimum Gasteiger partial charge on any atom is -0.345 e. The van der Waals surface area contributed by atoms with Gasteiger partial charge in [0.25, 0.3) is 0 Å². The predicted octanol–water partition coefficient (Wildman–Crippen LogP) is 1.39. The molecule has 1 saturated carbocycles. The first-order valence-electron chi connectivity index (χ1n) is 3.93. The molecule has 11 heavy (non-hydrogen) atoms. The fourth-order valence-corrected chi connectivity index (χ4v) is 2.10. The summed E-state index contributed by atoms with van der Waals surface area (Å²) in [7, 11) is -2.32. The largest absolute Gasteiger partial charge is 0.345 e. The van der Waals surface area contributed by atoms with Crippen LogP contribution in [0.3, 0.4) is 0 Å². The topological polar surface area (TPSA) is 57.5 Å². The highest BCUT2D eigenvalue weighted by atomic mass is 31.2. The van der Waals surface area contributed by atoms with Crippen molar-refractivity contribution in [3.05, 3.63) is 0 Å². The minimum atomic E-state index is -2.32. The Bertz CT molecular complexity index is 141. The Kier molecular flexibility index (Phi) is 3.44. The fourth-order valence-electron chi connectivity index (χ4n) is 1.51. The highest BCUT2D eigenvalue weighted by Gasteiger charge is 2.26. The summed E-state index contributed by atoms with van der Waals surface area (Å²) in [5.74, 6) is -0.0649. The van der Waals surface area contributed by atoms with Crippen LogP contribution in [0.5, 0.6) is 0 Å². The molecule has 1 aliphatic carbocycles. The van der Waals surface area contributed by atoms with Crippen molar-refractivity contribution < 1.29 is 14.6 Å². The molecular formula is C7H13O3P. The Hall–Kier alpha value is 0.0200. The van der Waals surface area contributed by atoms with Crippen LogP contribution < -0.4 is 0 Å². The van der Waals surface area contributed by atoms with Crippen LogP contribution in [0.2, 0.25) is 0 Å². The third-order valence-corrected chi connectivity index (χ3v) is 2.91. The predicted molar refractivity (Wildman–Crippen MR) is 42.9 cm³/mol. The van der Waals surface area contributed by atoms with E-state index in [0.29, 0.717) is 0 Å². The molecule has 1 aliphatic rings. The third kappa shape index (κ3) is 2.51. The molecule has 0 aliphatic heterocycles. The van der Waals surface area contributed by atoms with E-state index < -0.39 is 8.38 Å². The molecule has 4 heteroatoms. The van der Waals surface area contributed by atoms with Gasteiger partial charge in [0.1, 0.15) is 0 Å². The lowest BCUT2D eigenvalue weighted by atomic mass is 9.90. The van der Waals surface area contributed by atoms with Crippen molar-refractivity contribution in [1.29, 1.82) is 0 Å². The molecule has 0 bridgehead atoms. The summed E-state index contributed by atoms with van der Waals surface area (Å²) in [6.45, 7) is 0. The average molecular weight is 176 g/mol. The standard InChI is InChI=1S/C7H13O3P/c8-7(11(9)10)6-4-2-1-3-5-6/h6,9-10H,1-5H2. The minimum absolute atomic E-state index is 0.0649. The van der Waals surface area contributed by atoms with Crippen molar-refractivity contribution in [2.75, 3.05) is 0 Å². The maximum Gasteiger partial charge on any atom is 0.238 e. The Labute approximate surface area is 67.3 Å². The molecule has 0 aromatic carbocycles. The van der Waals surface area contributed by atoms with Crippen LogP contribution in [0.25, 0.3) is 0 Å². The molecule has 0 unspecified atom stereocenters. The van der Waals surface area contributed by atoms with Gasteiger partial charge in [-0.3, -0.25) is 4.79 Å². The van der Waals surface area contributed by atoms with Crippen LogP contribution in [-0.4, -0.2) is 15.3 Å². The second-order valence-electron chi connectivity index (χ2n) is 2.96. The van der Waals surface area contributed by atoms with Crippen molar-refractivity contribution in [2.24, 2.45) is 5.92 Å². The summed E-state index contributed by atoms with van der Waals surface area (Å²) in [6.07, 6.45) is 4.98. The number of hydrogen-bond donors (Lipinski definition) is 2. The summed E-state index contributed by atoms with van der Waals surface area (Å²) in [5.41, 5.74) is -0.334. The van der Waals surface area contributed by atoms with Gasteiger partial charge in [-0.05, 0) is 12.8 Å². The summed E-state index contributed by atoms with van der Waals surface area (Å²) in [6, 6.07) is 0. The summed E-state index contributed by atoms with van der Waals surface area (Å²) in [4.78, 5) is 28.3. The van der Waals surface area contributed by atoms with E-state index in [-0.39, 0.29) is 11.4 Å². The van der Waals surface area contributed by atoms with Crippen LogP contribution in [0.15, 0.2) is 0 Å². The molecule has 64 valence electrons. The molecule has 0 aromatic rings. The molecule has 0 atom stereocenters. The van der Waals surface area contributed by atoms with Crippen molar-refractivity contribution >= 4 is 13.9 Å². The highest BCUT2D eigenvalue weighted by Crippen LogP contribution is 2.35. The highest BCUT2D eigenvalue weighted by molar-refractivity contribution is 7.64. The van der Waals surface area contributed by atoms with Gasteiger partial charge in [-0.2, -0.15) is 0 Å². The van der Waals surface area contributed by atoms with Crippen molar-refractivity contribution in [1.82, 2.24) is 0 Å². The molecule has 2 N–H and O–H groups in total. The monoisotopic (exact) mass is 176 g/mol. The zero-order valence-electron chi connectivity index (χ0n) is 6.36. The molecule has 0 radical (unpaired) electrons. The van der Waals surface area contributed by atoms with Crippen LogP contribution >= 0.6 is 8.38 Å². The van der Waals surface area contributed by atoms with E-state index in [4.69, 9.17) is 9.79 Å². The first-order valence-corrected chi connectivity index (χ1v) is 5.18. The van der Waals surface area contributed by atoms with Crippen LogP contribution in [0.1, 0.15) is 32.1 Å². The number of carbonyl (C=O) groups excluding carboxylic acids is 1. The number of rotatable bonds is 2. The van der Waals surface area contributed by atoms with Gasteiger partial charge in [0.2, 0.25) is 13.9 Å². The van der Waals surface area contributed by atoms with E-state index in [1.54, 1.807) is 0 Å². The molecule has 0 saturated heterocycles. The molecule has 0 spiro atoms. The lowest BCUT2D eigenvalue weighted by Crippen LogP contribution is -2.15. The van der Waals surface area contributed by atoms with Gasteiger partial charge in [0, 0.05) is 5.92 Å². The second kappa shape index (κ2) is 4.15. The molecular weight excluding hydrogens is 163 g/mol. The van der Waals surface area contributed by atoms with Crippen LogP contribution in [0, 0.1) is 5.92 Å². The molecule has 0 aromatic heterocycles. The van der Waals surface area contributed by atoms with Gasteiger partial charge in [0.05, 0.1) is 0 Å². The normalized spacial score (nSPS) is 20.6. The maximum atomic E-state index is 11.0. The SMILES string of the molecule is O=C(C1CCCCC1)P(O)O. The quantitative estimate of drug-likeness (QED) is 0.625.